The lowest BCUT2D eigenvalue weighted by Crippen LogP contribution is -1.87. The van der Waals surface area contributed by atoms with Gasteiger partial charge >= 0.3 is 0 Å². The van der Waals surface area contributed by atoms with Crippen LogP contribution in [0.15, 0.2) is 30.7 Å². The lowest BCUT2D eigenvalue weighted by atomic mass is 10.1. The number of aryl methyl sites for hydroxylation is 1. The molecule has 0 amide bonds. The van der Waals surface area contributed by atoms with Gasteiger partial charge in [-0.25, -0.2) is 15.0 Å². The van der Waals surface area contributed by atoms with Crippen molar-refractivity contribution < 1.29 is 0 Å². The Kier molecular flexibility index (Phi) is 2.13. The van der Waals surface area contributed by atoms with Crippen LogP contribution in [-0.2, 0) is 0 Å². The van der Waals surface area contributed by atoms with Crippen LogP contribution in [0, 0.1) is 6.92 Å². The van der Waals surface area contributed by atoms with Crippen LogP contribution in [0.2, 0.25) is 0 Å². The van der Waals surface area contributed by atoms with E-state index in [1.165, 1.54) is 4.70 Å². The van der Waals surface area contributed by atoms with Gasteiger partial charge in [-0.1, -0.05) is 6.07 Å². The van der Waals surface area contributed by atoms with E-state index in [0.29, 0.717) is 0 Å². The molecule has 1 aromatic carbocycles. The maximum Gasteiger partial charge on any atom is 0.159 e. The van der Waals surface area contributed by atoms with Gasteiger partial charge in [0.15, 0.2) is 5.65 Å². The van der Waals surface area contributed by atoms with Crippen molar-refractivity contribution in [2.75, 3.05) is 0 Å². The Bertz CT molecular complexity index is 892. The molecule has 4 aromatic rings. The second-order valence-electron chi connectivity index (χ2n) is 4.27. The van der Waals surface area contributed by atoms with Gasteiger partial charge in [-0.3, -0.25) is 5.10 Å². The Morgan fingerprint density at radius 2 is 2.16 bits per heavy atom. The largest absolute Gasteiger partial charge is 0.261 e. The van der Waals surface area contributed by atoms with Crippen LogP contribution in [0.4, 0.5) is 0 Å². The molecule has 1 N–H and O–H groups in total. The zero-order valence-corrected chi connectivity index (χ0v) is 10.9. The number of H-pyrrole nitrogens is 1. The van der Waals surface area contributed by atoms with Crippen LogP contribution in [0.25, 0.3) is 32.5 Å². The standard InChI is InChI=1S/C13H9N5S/c1-7-17-10-4-8(2-3-11(10)19-7)12-9-5-16-18-13(9)15-6-14-12/h2-6H,1H3,(H,14,15,16,18). The van der Waals surface area contributed by atoms with Gasteiger partial charge in [-0.05, 0) is 19.1 Å². The van der Waals surface area contributed by atoms with Crippen molar-refractivity contribution in [3.05, 3.63) is 35.7 Å². The highest BCUT2D eigenvalue weighted by Crippen LogP contribution is 2.29. The molecule has 0 saturated carbocycles. The predicted octanol–water partition coefficient (Wildman–Crippen LogP) is 2.94. The molecular weight excluding hydrogens is 258 g/mol. The number of rotatable bonds is 1. The summed E-state index contributed by atoms with van der Waals surface area (Å²) in [7, 11) is 0. The summed E-state index contributed by atoms with van der Waals surface area (Å²) in [5.74, 6) is 0. The number of thiazole rings is 1. The third kappa shape index (κ3) is 1.61. The molecule has 0 spiro atoms. The topological polar surface area (TPSA) is 67.3 Å². The molecule has 0 atom stereocenters. The maximum absolute atomic E-state index is 4.52. The average molecular weight is 267 g/mol. The lowest BCUT2D eigenvalue weighted by molar-refractivity contribution is 1.09. The van der Waals surface area contributed by atoms with E-state index < -0.39 is 0 Å². The molecule has 19 heavy (non-hydrogen) atoms. The van der Waals surface area contributed by atoms with Crippen LogP contribution in [-0.4, -0.2) is 25.1 Å². The molecule has 0 aliphatic carbocycles. The fraction of sp³-hybridized carbons (Fsp3) is 0.0769. The van der Waals surface area contributed by atoms with Crippen molar-refractivity contribution in [3.8, 4) is 11.3 Å². The summed E-state index contributed by atoms with van der Waals surface area (Å²) in [5.41, 5.74) is 3.67. The second kappa shape index (κ2) is 3.83. The van der Waals surface area contributed by atoms with E-state index in [1.807, 2.05) is 6.92 Å². The van der Waals surface area contributed by atoms with Gasteiger partial charge in [0, 0.05) is 5.56 Å². The van der Waals surface area contributed by atoms with E-state index in [0.717, 1.165) is 32.8 Å². The van der Waals surface area contributed by atoms with Crippen LogP contribution < -0.4 is 0 Å². The van der Waals surface area contributed by atoms with Gasteiger partial charge in [0.1, 0.15) is 6.33 Å². The predicted molar refractivity (Wildman–Crippen MR) is 75.0 cm³/mol. The van der Waals surface area contributed by atoms with Gasteiger partial charge in [-0.2, -0.15) is 5.10 Å². The molecule has 92 valence electrons. The molecule has 0 radical (unpaired) electrons. The first-order valence-corrected chi connectivity index (χ1v) is 6.64. The maximum atomic E-state index is 4.52. The second-order valence-corrected chi connectivity index (χ2v) is 5.50. The summed E-state index contributed by atoms with van der Waals surface area (Å²) in [6.45, 7) is 2.02. The van der Waals surface area contributed by atoms with Crippen molar-refractivity contribution in [2.45, 2.75) is 6.92 Å². The van der Waals surface area contributed by atoms with E-state index in [-0.39, 0.29) is 0 Å². The molecule has 3 aromatic heterocycles. The van der Waals surface area contributed by atoms with E-state index in [9.17, 15) is 0 Å². The monoisotopic (exact) mass is 267 g/mol. The van der Waals surface area contributed by atoms with Crippen LogP contribution in [0.1, 0.15) is 5.01 Å². The minimum Gasteiger partial charge on any atom is -0.261 e. The smallest absolute Gasteiger partial charge is 0.159 e. The van der Waals surface area contributed by atoms with Gasteiger partial charge in [0.25, 0.3) is 0 Å². The number of fused-ring (bicyclic) bond motifs is 2. The van der Waals surface area contributed by atoms with Gasteiger partial charge in [-0.15, -0.1) is 11.3 Å². The molecule has 0 aliphatic rings. The number of hydrogen-bond donors (Lipinski definition) is 1. The summed E-state index contributed by atoms with van der Waals surface area (Å²) < 4.78 is 1.19. The molecule has 5 nitrogen and oxygen atoms in total. The minimum absolute atomic E-state index is 0.750. The molecule has 4 rings (SSSR count). The molecule has 0 saturated heterocycles. The zero-order valence-electron chi connectivity index (χ0n) is 10.1. The summed E-state index contributed by atoms with van der Waals surface area (Å²) in [6, 6.07) is 6.21. The number of nitrogens with zero attached hydrogens (tertiary/aromatic N) is 4. The molecular formula is C13H9N5S. The highest BCUT2D eigenvalue weighted by atomic mass is 32.1. The number of benzene rings is 1. The van der Waals surface area contributed by atoms with E-state index >= 15 is 0 Å². The first kappa shape index (κ1) is 10.6. The number of nitrogens with one attached hydrogen (secondary N) is 1. The summed E-state index contributed by atoms with van der Waals surface area (Å²) in [6.07, 6.45) is 3.30. The summed E-state index contributed by atoms with van der Waals surface area (Å²) in [5, 5.41) is 8.87. The van der Waals surface area contributed by atoms with E-state index in [2.05, 4.69) is 43.3 Å². The Hall–Kier alpha value is -2.34. The van der Waals surface area contributed by atoms with Crippen LogP contribution in [0.5, 0.6) is 0 Å². The number of aromatic amines is 1. The highest BCUT2D eigenvalue weighted by Gasteiger charge is 2.09. The van der Waals surface area contributed by atoms with Crippen LogP contribution >= 0.6 is 11.3 Å². The van der Waals surface area contributed by atoms with Crippen molar-refractivity contribution in [3.63, 3.8) is 0 Å². The normalized spacial score (nSPS) is 11.4. The van der Waals surface area contributed by atoms with Crippen molar-refractivity contribution >= 4 is 32.6 Å². The summed E-state index contributed by atoms with van der Waals surface area (Å²) in [4.78, 5) is 13.0. The third-order valence-electron chi connectivity index (χ3n) is 3.02. The quantitative estimate of drug-likeness (QED) is 0.575. The zero-order chi connectivity index (χ0) is 12.8. The Balaban J connectivity index is 2.00. The minimum atomic E-state index is 0.750. The lowest BCUT2D eigenvalue weighted by Gasteiger charge is -2.01. The molecule has 0 fully saturated rings. The fourth-order valence-electron chi connectivity index (χ4n) is 2.18. The molecule has 0 unspecified atom stereocenters. The Morgan fingerprint density at radius 1 is 1.21 bits per heavy atom. The molecule has 0 bridgehead atoms. The average Bonchev–Trinajstić information content (AvgIpc) is 3.01. The molecule has 3 heterocycles. The SMILES string of the molecule is Cc1nc2cc(-c3ncnc4[nH]ncc34)ccc2s1. The highest BCUT2D eigenvalue weighted by molar-refractivity contribution is 7.18. The molecule has 0 aliphatic heterocycles. The van der Waals surface area contributed by atoms with Crippen molar-refractivity contribution in [1.82, 2.24) is 25.1 Å². The number of hydrogen-bond acceptors (Lipinski definition) is 5. The van der Waals surface area contributed by atoms with Gasteiger partial charge < -0.3 is 0 Å². The van der Waals surface area contributed by atoms with Gasteiger partial charge in [0.05, 0.1) is 32.5 Å². The van der Waals surface area contributed by atoms with Crippen molar-refractivity contribution in [2.24, 2.45) is 0 Å². The first-order valence-electron chi connectivity index (χ1n) is 5.83. The Labute approximate surface area is 112 Å². The van der Waals surface area contributed by atoms with Gasteiger partial charge in [0.2, 0.25) is 0 Å². The third-order valence-corrected chi connectivity index (χ3v) is 3.97. The molecule has 6 heteroatoms. The fourth-order valence-corrected chi connectivity index (χ4v) is 2.99. The Morgan fingerprint density at radius 3 is 3.11 bits per heavy atom. The van der Waals surface area contributed by atoms with Crippen LogP contribution in [0.3, 0.4) is 0 Å². The van der Waals surface area contributed by atoms with E-state index in [4.69, 9.17) is 0 Å². The number of aromatic nitrogens is 5. The first-order chi connectivity index (χ1) is 9.31. The van der Waals surface area contributed by atoms with E-state index in [1.54, 1.807) is 23.9 Å². The van der Waals surface area contributed by atoms with Crippen molar-refractivity contribution in [1.29, 1.82) is 0 Å². The summed E-state index contributed by atoms with van der Waals surface area (Å²) >= 11 is 1.70.